The van der Waals surface area contributed by atoms with Crippen molar-refractivity contribution in [2.24, 2.45) is 11.7 Å². The second-order valence-corrected chi connectivity index (χ2v) is 11.1. The van der Waals surface area contributed by atoms with Crippen LogP contribution in [0.5, 0.6) is 0 Å². The maximum Gasteiger partial charge on any atom is 0.318 e. The van der Waals surface area contributed by atoms with Gasteiger partial charge in [-0.3, -0.25) is 10.2 Å². The van der Waals surface area contributed by atoms with Gasteiger partial charge in [0.1, 0.15) is 11.7 Å². The number of aromatic nitrogens is 1. The number of pyridine rings is 1. The molecule has 0 saturated carbocycles. The molecule has 1 aromatic carbocycles. The highest BCUT2D eigenvalue weighted by atomic mass is 16.5. The van der Waals surface area contributed by atoms with Crippen molar-refractivity contribution in [2.45, 2.75) is 38.3 Å². The SMILES string of the molecule is C=CC(=O)Nc1cccc2c(NC(=N)C3=C(N)C(C)(C)N(C(=O)N[C@H](CN(C)C)C4CCOCC4)C3)nccc12. The van der Waals surface area contributed by atoms with E-state index in [9.17, 15) is 9.59 Å². The Kier molecular flexibility index (Phi) is 8.75. The normalized spacial score (nSPS) is 18.1. The molecule has 40 heavy (non-hydrogen) atoms. The third-order valence-corrected chi connectivity index (χ3v) is 7.72. The highest BCUT2D eigenvalue weighted by molar-refractivity contribution is 6.13. The van der Waals surface area contributed by atoms with Crippen molar-refractivity contribution < 1.29 is 14.3 Å². The summed E-state index contributed by atoms with van der Waals surface area (Å²) in [6, 6.07) is 7.01. The summed E-state index contributed by atoms with van der Waals surface area (Å²) in [7, 11) is 4.00. The number of likely N-dealkylation sites (N-methyl/N-ethyl adjacent to an activating group) is 1. The number of anilines is 2. The second kappa shape index (κ2) is 12.1. The zero-order valence-electron chi connectivity index (χ0n) is 23.7. The van der Waals surface area contributed by atoms with E-state index in [0.29, 0.717) is 41.9 Å². The van der Waals surface area contributed by atoms with Gasteiger partial charge in [-0.2, -0.15) is 0 Å². The Hall–Kier alpha value is -3.96. The molecule has 0 unspecified atom stereocenters. The fourth-order valence-corrected chi connectivity index (χ4v) is 5.35. The molecule has 1 atom stereocenters. The molecule has 0 bridgehead atoms. The van der Waals surface area contributed by atoms with Crippen LogP contribution in [0.15, 0.2) is 54.4 Å². The van der Waals surface area contributed by atoms with Crippen molar-refractivity contribution in [3.05, 3.63) is 54.4 Å². The molecule has 4 rings (SSSR count). The molecule has 11 heteroatoms. The molecule has 1 aromatic heterocycles. The number of carbonyl (C=O) groups excluding carboxylic acids is 2. The van der Waals surface area contributed by atoms with E-state index in [-0.39, 0.29) is 30.4 Å². The molecule has 214 valence electrons. The average Bonchev–Trinajstić information content (AvgIpc) is 3.17. The highest BCUT2D eigenvalue weighted by Gasteiger charge is 2.43. The molecule has 6 N–H and O–H groups in total. The summed E-state index contributed by atoms with van der Waals surface area (Å²) >= 11 is 0. The topological polar surface area (TPSA) is 149 Å². The quantitative estimate of drug-likeness (QED) is 0.193. The molecular formula is C29H40N8O3. The number of nitrogens with two attached hydrogens (primary N) is 1. The highest BCUT2D eigenvalue weighted by Crippen LogP contribution is 2.33. The summed E-state index contributed by atoms with van der Waals surface area (Å²) in [5.74, 6) is 0.522. The first-order chi connectivity index (χ1) is 19.0. The first-order valence-corrected chi connectivity index (χ1v) is 13.5. The lowest BCUT2D eigenvalue weighted by Gasteiger charge is -2.37. The van der Waals surface area contributed by atoms with Gasteiger partial charge in [-0.05, 0) is 64.9 Å². The zero-order valence-corrected chi connectivity index (χ0v) is 23.7. The molecule has 1 fully saturated rings. The molecule has 1 saturated heterocycles. The minimum atomic E-state index is -0.792. The van der Waals surface area contributed by atoms with Crippen LogP contribution in [0.4, 0.5) is 16.3 Å². The number of hydrogen-bond acceptors (Lipinski definition) is 7. The van der Waals surface area contributed by atoms with Crippen LogP contribution in [0.3, 0.4) is 0 Å². The van der Waals surface area contributed by atoms with E-state index >= 15 is 0 Å². The van der Waals surface area contributed by atoms with Crippen molar-refractivity contribution >= 4 is 40.1 Å². The maximum atomic E-state index is 13.6. The number of rotatable bonds is 8. The van der Waals surface area contributed by atoms with Gasteiger partial charge in [0.05, 0.1) is 12.1 Å². The minimum absolute atomic E-state index is 0.0271. The van der Waals surface area contributed by atoms with E-state index in [2.05, 4.69) is 32.4 Å². The van der Waals surface area contributed by atoms with Crippen molar-refractivity contribution in [1.29, 1.82) is 5.41 Å². The summed E-state index contributed by atoms with van der Waals surface area (Å²) in [5, 5.41) is 19.5. The van der Waals surface area contributed by atoms with E-state index in [1.54, 1.807) is 29.3 Å². The van der Waals surface area contributed by atoms with Crippen LogP contribution in [0.2, 0.25) is 0 Å². The standard InChI is InChI=1S/C29H40N8O3/c1-6-24(38)33-22-9-7-8-20-19(22)10-13-32-27(20)35-26(31)21-16-37(29(2,3)25(21)30)28(39)34-23(17-36(4)5)18-11-14-40-15-12-18/h6-10,13,18,23H,1,11-12,14-17,30H2,2-5H3,(H,33,38)(H,34,39)(H2,31,32,35)/t23-/m1/s1. The van der Waals surface area contributed by atoms with Crippen molar-refractivity contribution in [1.82, 2.24) is 20.1 Å². The fourth-order valence-electron chi connectivity index (χ4n) is 5.35. The van der Waals surface area contributed by atoms with Gasteiger partial charge in [0.2, 0.25) is 5.91 Å². The number of hydrogen-bond donors (Lipinski definition) is 5. The molecule has 11 nitrogen and oxygen atoms in total. The fraction of sp³-hybridized carbons (Fsp3) is 0.448. The van der Waals surface area contributed by atoms with Crippen molar-refractivity contribution in [3.8, 4) is 0 Å². The summed E-state index contributed by atoms with van der Waals surface area (Å²) in [4.78, 5) is 33.7. The number of carbonyl (C=O) groups is 2. The van der Waals surface area contributed by atoms with Crippen LogP contribution >= 0.6 is 0 Å². The number of benzene rings is 1. The lowest BCUT2D eigenvalue weighted by Crippen LogP contribution is -2.56. The van der Waals surface area contributed by atoms with Gasteiger partial charge < -0.3 is 36.2 Å². The monoisotopic (exact) mass is 548 g/mol. The number of amides is 3. The predicted octanol–water partition coefficient (Wildman–Crippen LogP) is 3.12. The van der Waals surface area contributed by atoms with Crippen LogP contribution in [-0.4, -0.2) is 84.5 Å². The smallest absolute Gasteiger partial charge is 0.318 e. The number of nitrogens with one attached hydrogen (secondary N) is 4. The van der Waals surface area contributed by atoms with Gasteiger partial charge in [-0.15, -0.1) is 0 Å². The Balaban J connectivity index is 1.52. The molecule has 2 aliphatic heterocycles. The van der Waals surface area contributed by atoms with E-state index in [4.69, 9.17) is 15.9 Å². The molecule has 3 heterocycles. The van der Waals surface area contributed by atoms with Crippen LogP contribution < -0.4 is 21.7 Å². The molecule has 3 amide bonds. The van der Waals surface area contributed by atoms with Gasteiger partial charge in [-0.1, -0.05) is 18.7 Å². The lowest BCUT2D eigenvalue weighted by atomic mass is 9.91. The average molecular weight is 549 g/mol. The molecule has 0 radical (unpaired) electrons. The minimum Gasteiger partial charge on any atom is -0.400 e. The third-order valence-electron chi connectivity index (χ3n) is 7.72. The zero-order chi connectivity index (χ0) is 29.0. The predicted molar refractivity (Wildman–Crippen MR) is 158 cm³/mol. The van der Waals surface area contributed by atoms with E-state index in [1.165, 1.54) is 6.08 Å². The maximum absolute atomic E-state index is 13.6. The number of fused-ring (bicyclic) bond motifs is 1. The second-order valence-electron chi connectivity index (χ2n) is 11.1. The summed E-state index contributed by atoms with van der Waals surface area (Å²) in [5.41, 5.74) is 7.38. The Morgan fingerprint density at radius 3 is 2.65 bits per heavy atom. The van der Waals surface area contributed by atoms with Gasteiger partial charge >= 0.3 is 6.03 Å². The Morgan fingerprint density at radius 2 is 1.98 bits per heavy atom. The van der Waals surface area contributed by atoms with Crippen molar-refractivity contribution in [2.75, 3.05) is 51.0 Å². The molecule has 2 aliphatic rings. The third kappa shape index (κ3) is 6.10. The number of ether oxygens (including phenoxy) is 1. The van der Waals surface area contributed by atoms with Gasteiger partial charge in [0.15, 0.2) is 0 Å². The number of urea groups is 1. The molecule has 0 spiro atoms. The first-order valence-electron chi connectivity index (χ1n) is 13.5. The van der Waals surface area contributed by atoms with Crippen molar-refractivity contribution in [3.63, 3.8) is 0 Å². The Morgan fingerprint density at radius 1 is 1.25 bits per heavy atom. The first kappa shape index (κ1) is 29.0. The Labute approximate surface area is 235 Å². The molecule has 0 aliphatic carbocycles. The van der Waals surface area contributed by atoms with E-state index < -0.39 is 5.54 Å². The van der Waals surface area contributed by atoms with E-state index in [1.807, 2.05) is 34.0 Å². The molecular weight excluding hydrogens is 508 g/mol. The molecule has 2 aromatic rings. The van der Waals surface area contributed by atoms with Gasteiger partial charge in [0.25, 0.3) is 0 Å². The summed E-state index contributed by atoms with van der Waals surface area (Å²) in [6.45, 7) is 9.59. The van der Waals surface area contributed by atoms with Gasteiger partial charge in [-0.25, -0.2) is 9.78 Å². The lowest BCUT2D eigenvalue weighted by molar-refractivity contribution is -0.111. The summed E-state index contributed by atoms with van der Waals surface area (Å²) in [6.07, 6.45) is 4.62. The van der Waals surface area contributed by atoms with Crippen LogP contribution in [-0.2, 0) is 9.53 Å². The van der Waals surface area contributed by atoms with E-state index in [0.717, 1.165) is 30.2 Å². The Bertz CT molecular complexity index is 1330. The van der Waals surface area contributed by atoms with Crippen LogP contribution in [0, 0.1) is 11.3 Å². The van der Waals surface area contributed by atoms with Crippen LogP contribution in [0.1, 0.15) is 26.7 Å². The summed E-state index contributed by atoms with van der Waals surface area (Å²) < 4.78 is 5.53. The van der Waals surface area contributed by atoms with Crippen LogP contribution in [0.25, 0.3) is 10.8 Å². The number of amidine groups is 1. The van der Waals surface area contributed by atoms with Gasteiger partial charge in [0, 0.05) is 59.7 Å². The largest absolute Gasteiger partial charge is 0.400 e. The number of nitrogens with zero attached hydrogens (tertiary/aromatic N) is 3.